The number of benzene rings is 2. The summed E-state index contributed by atoms with van der Waals surface area (Å²) in [6.45, 7) is 0.508. The van der Waals surface area contributed by atoms with Gasteiger partial charge in [-0.05, 0) is 49.1 Å². The number of amides is 3. The molecular weight excluding hydrogens is 580 g/mol. The molecule has 2 atom stereocenters. The number of hydrogen-bond donors (Lipinski definition) is 2. The lowest BCUT2D eigenvalue weighted by Gasteiger charge is -2.42. The number of hydrogen-bond acceptors (Lipinski definition) is 4. The zero-order valence-corrected chi connectivity index (χ0v) is 22.8. The fraction of sp³-hybridized carbons (Fsp3) is 0.414. The van der Waals surface area contributed by atoms with Gasteiger partial charge in [-0.25, -0.2) is 0 Å². The number of aromatic amines is 1. The molecule has 43 heavy (non-hydrogen) atoms. The molecule has 230 valence electrons. The highest BCUT2D eigenvalue weighted by Gasteiger charge is 2.40. The Hall–Kier alpha value is -4.07. The van der Waals surface area contributed by atoms with Crippen molar-refractivity contribution in [3.05, 3.63) is 70.9 Å². The summed E-state index contributed by atoms with van der Waals surface area (Å²) in [5.41, 5.74) is 3.19. The lowest BCUT2D eigenvalue weighted by atomic mass is 9.98. The van der Waals surface area contributed by atoms with Gasteiger partial charge in [-0.2, -0.15) is 26.3 Å². The fourth-order valence-corrected chi connectivity index (χ4v) is 5.95. The van der Waals surface area contributed by atoms with E-state index in [0.29, 0.717) is 31.5 Å². The number of carbonyl (C=O) groups excluding carboxylic acids is 3. The third kappa shape index (κ3) is 6.48. The molecule has 1 aromatic heterocycles. The van der Waals surface area contributed by atoms with Crippen molar-refractivity contribution in [2.24, 2.45) is 5.73 Å². The quantitative estimate of drug-likeness (QED) is 0.412. The zero-order chi connectivity index (χ0) is 31.1. The van der Waals surface area contributed by atoms with Crippen LogP contribution in [0.5, 0.6) is 0 Å². The summed E-state index contributed by atoms with van der Waals surface area (Å²) in [7, 11) is 0. The van der Waals surface area contributed by atoms with E-state index in [4.69, 9.17) is 5.73 Å². The number of alkyl halides is 6. The van der Waals surface area contributed by atoms with Crippen LogP contribution in [-0.4, -0.2) is 82.2 Å². The van der Waals surface area contributed by atoms with Crippen molar-refractivity contribution in [3.8, 4) is 0 Å². The minimum Gasteiger partial charge on any atom is -0.368 e. The number of para-hydroxylation sites is 1. The third-order valence-electron chi connectivity index (χ3n) is 8.05. The number of nitrogens with zero attached hydrogens (tertiary/aromatic N) is 3. The summed E-state index contributed by atoms with van der Waals surface area (Å²) in [5, 5.41) is 0.850. The van der Waals surface area contributed by atoms with Gasteiger partial charge in [0.1, 0.15) is 6.04 Å². The predicted molar refractivity (Wildman–Crippen MR) is 144 cm³/mol. The molecular formula is C29H29F6N5O3. The van der Waals surface area contributed by atoms with Crippen molar-refractivity contribution in [2.45, 2.75) is 43.7 Å². The Labute approximate surface area is 242 Å². The van der Waals surface area contributed by atoms with Gasteiger partial charge in [0.25, 0.3) is 5.91 Å². The Balaban J connectivity index is 1.44. The average Bonchev–Trinajstić information content (AvgIpc) is 3.60. The SMILES string of the molecule is NC(=O)[C@@H]1CCCN1C(=O)CN1CCN(C(=O)c2cc(C(F)(F)F)cc(C(F)(F)F)c2)[C@H](Cc2c[nH]c3ccccc23)C1. The van der Waals surface area contributed by atoms with E-state index in [1.807, 2.05) is 24.3 Å². The summed E-state index contributed by atoms with van der Waals surface area (Å²) in [6.07, 6.45) is -7.15. The van der Waals surface area contributed by atoms with Crippen LogP contribution in [0.15, 0.2) is 48.7 Å². The largest absolute Gasteiger partial charge is 0.416 e. The molecule has 14 heteroatoms. The molecule has 5 rings (SSSR count). The Morgan fingerprint density at radius 2 is 1.58 bits per heavy atom. The summed E-state index contributed by atoms with van der Waals surface area (Å²) in [4.78, 5) is 46.2. The van der Waals surface area contributed by atoms with Gasteiger partial charge in [0, 0.05) is 54.9 Å². The second kappa shape index (κ2) is 11.5. The van der Waals surface area contributed by atoms with Gasteiger partial charge in [0.2, 0.25) is 11.8 Å². The van der Waals surface area contributed by atoms with Gasteiger partial charge in [-0.1, -0.05) is 18.2 Å². The number of H-pyrrole nitrogens is 1. The molecule has 3 heterocycles. The summed E-state index contributed by atoms with van der Waals surface area (Å²) in [5.74, 6) is -1.89. The maximum absolute atomic E-state index is 13.7. The molecule has 0 saturated carbocycles. The molecule has 2 aromatic carbocycles. The molecule has 0 aliphatic carbocycles. The number of nitrogens with one attached hydrogen (secondary N) is 1. The Bertz CT molecular complexity index is 1500. The highest BCUT2D eigenvalue weighted by molar-refractivity contribution is 5.95. The van der Waals surface area contributed by atoms with Crippen LogP contribution < -0.4 is 5.73 Å². The molecule has 2 aliphatic rings. The van der Waals surface area contributed by atoms with Crippen LogP contribution in [0.3, 0.4) is 0 Å². The summed E-state index contributed by atoms with van der Waals surface area (Å²) < 4.78 is 81.2. The topological polar surface area (TPSA) is 103 Å². The molecule has 0 unspecified atom stereocenters. The molecule has 3 N–H and O–H groups in total. The molecule has 2 aliphatic heterocycles. The van der Waals surface area contributed by atoms with Crippen LogP contribution in [0, 0.1) is 0 Å². The van der Waals surface area contributed by atoms with E-state index in [-0.39, 0.29) is 44.6 Å². The molecule has 2 saturated heterocycles. The first kappa shape index (κ1) is 30.4. The van der Waals surface area contributed by atoms with Crippen LogP contribution in [0.2, 0.25) is 0 Å². The normalized spacial score (nSPS) is 20.1. The maximum atomic E-state index is 13.7. The van der Waals surface area contributed by atoms with Crippen molar-refractivity contribution in [1.29, 1.82) is 0 Å². The van der Waals surface area contributed by atoms with E-state index in [1.54, 1.807) is 11.1 Å². The monoisotopic (exact) mass is 609 g/mol. The number of likely N-dealkylation sites (tertiary alicyclic amines) is 1. The number of fused-ring (bicyclic) bond motifs is 1. The van der Waals surface area contributed by atoms with Gasteiger partial charge in [0.05, 0.1) is 17.7 Å². The second-order valence-corrected chi connectivity index (χ2v) is 10.9. The van der Waals surface area contributed by atoms with Crippen LogP contribution >= 0.6 is 0 Å². The van der Waals surface area contributed by atoms with Crippen molar-refractivity contribution >= 4 is 28.6 Å². The number of aromatic nitrogens is 1. The molecule has 2 fully saturated rings. The van der Waals surface area contributed by atoms with E-state index < -0.39 is 52.9 Å². The molecule has 3 aromatic rings. The summed E-state index contributed by atoms with van der Waals surface area (Å²) in [6, 6.07) is 6.82. The van der Waals surface area contributed by atoms with E-state index in [1.165, 1.54) is 9.80 Å². The van der Waals surface area contributed by atoms with E-state index in [2.05, 4.69) is 4.98 Å². The van der Waals surface area contributed by atoms with Crippen molar-refractivity contribution < 1.29 is 40.7 Å². The van der Waals surface area contributed by atoms with E-state index >= 15 is 0 Å². The highest BCUT2D eigenvalue weighted by Crippen LogP contribution is 2.37. The van der Waals surface area contributed by atoms with Gasteiger partial charge in [0.15, 0.2) is 0 Å². The van der Waals surface area contributed by atoms with Crippen molar-refractivity contribution in [1.82, 2.24) is 19.7 Å². The number of carbonyl (C=O) groups is 3. The van der Waals surface area contributed by atoms with Gasteiger partial charge in [-0.3, -0.25) is 19.3 Å². The minimum absolute atomic E-state index is 0.0124. The lowest BCUT2D eigenvalue weighted by Crippen LogP contribution is -2.58. The van der Waals surface area contributed by atoms with Crippen LogP contribution in [0.4, 0.5) is 26.3 Å². The van der Waals surface area contributed by atoms with Crippen LogP contribution in [0.25, 0.3) is 10.9 Å². The standard InChI is InChI=1S/C29H29F6N5O3/c30-28(31,32)19-10-17(11-20(13-19)29(33,34)35)27(43)39-9-8-38(16-25(41)40-7-3-6-24(40)26(36)42)15-21(39)12-18-14-37-23-5-2-1-4-22(18)23/h1-2,4-5,10-11,13-14,21,24,37H,3,6-9,12,15-16H2,(H2,36,42)/t21-,24+/m1/s1. The smallest absolute Gasteiger partial charge is 0.368 e. The number of nitrogens with two attached hydrogens (primary N) is 1. The van der Waals surface area contributed by atoms with Crippen LogP contribution in [0.1, 0.15) is 39.9 Å². The number of rotatable bonds is 6. The van der Waals surface area contributed by atoms with Crippen LogP contribution in [-0.2, 0) is 28.4 Å². The van der Waals surface area contributed by atoms with Crippen molar-refractivity contribution in [3.63, 3.8) is 0 Å². The highest BCUT2D eigenvalue weighted by atomic mass is 19.4. The Morgan fingerprint density at radius 3 is 2.23 bits per heavy atom. The number of primary amides is 1. The van der Waals surface area contributed by atoms with Gasteiger partial charge >= 0.3 is 12.4 Å². The first-order valence-electron chi connectivity index (χ1n) is 13.7. The first-order chi connectivity index (χ1) is 20.2. The van der Waals surface area contributed by atoms with E-state index in [0.717, 1.165) is 16.5 Å². The minimum atomic E-state index is -5.10. The number of halogens is 6. The average molecular weight is 610 g/mol. The lowest BCUT2D eigenvalue weighted by molar-refractivity contribution is -0.143. The molecule has 0 spiro atoms. The fourth-order valence-electron chi connectivity index (χ4n) is 5.95. The predicted octanol–water partition coefficient (Wildman–Crippen LogP) is 4.05. The summed E-state index contributed by atoms with van der Waals surface area (Å²) >= 11 is 0. The molecule has 8 nitrogen and oxygen atoms in total. The van der Waals surface area contributed by atoms with Crippen molar-refractivity contribution in [2.75, 3.05) is 32.7 Å². The van der Waals surface area contributed by atoms with Gasteiger partial charge < -0.3 is 20.5 Å². The van der Waals surface area contributed by atoms with E-state index in [9.17, 15) is 40.7 Å². The third-order valence-corrected chi connectivity index (χ3v) is 8.05. The first-order valence-corrected chi connectivity index (χ1v) is 13.7. The van der Waals surface area contributed by atoms with Gasteiger partial charge in [-0.15, -0.1) is 0 Å². The molecule has 0 bridgehead atoms. The number of piperazine rings is 1. The second-order valence-electron chi connectivity index (χ2n) is 10.9. The Kier molecular flexibility index (Phi) is 8.16. The Morgan fingerprint density at radius 1 is 0.907 bits per heavy atom. The molecule has 3 amide bonds. The molecule has 0 radical (unpaired) electrons. The zero-order valence-electron chi connectivity index (χ0n) is 22.8. The maximum Gasteiger partial charge on any atom is 0.416 e.